The molecule has 0 aromatic carbocycles. The minimum absolute atomic E-state index is 0.344. The molecule has 0 aliphatic carbocycles. The first kappa shape index (κ1) is 9.99. The van der Waals surface area contributed by atoms with E-state index in [0.717, 1.165) is 0 Å². The predicted molar refractivity (Wildman–Crippen MR) is 49.9 cm³/mol. The maximum absolute atomic E-state index is 11.3. The van der Waals surface area contributed by atoms with E-state index in [-0.39, 0.29) is 0 Å². The highest BCUT2D eigenvalue weighted by Crippen LogP contribution is 2.18. The molecule has 0 aliphatic rings. The lowest BCUT2D eigenvalue weighted by atomic mass is 10.2. The van der Waals surface area contributed by atoms with Crippen LogP contribution in [-0.2, 0) is 4.74 Å². The Morgan fingerprint density at radius 3 is 3.00 bits per heavy atom. The summed E-state index contributed by atoms with van der Waals surface area (Å²) in [6.45, 7) is 3.83. The van der Waals surface area contributed by atoms with E-state index < -0.39 is 5.97 Å². The van der Waals surface area contributed by atoms with Crippen molar-refractivity contribution in [2.75, 3.05) is 6.61 Å². The maximum atomic E-state index is 11.3. The van der Waals surface area contributed by atoms with Crippen LogP contribution in [0.25, 0.3) is 0 Å². The number of halogens is 1. The van der Waals surface area contributed by atoms with E-state index in [1.54, 1.807) is 19.9 Å². The van der Waals surface area contributed by atoms with Gasteiger partial charge in [-0.1, -0.05) is 11.6 Å². The molecule has 0 N–H and O–H groups in total. The van der Waals surface area contributed by atoms with E-state index in [9.17, 15) is 4.79 Å². The Bertz CT molecular complexity index is 325. The second kappa shape index (κ2) is 4.23. The van der Waals surface area contributed by atoms with Crippen molar-refractivity contribution in [2.45, 2.75) is 13.8 Å². The van der Waals surface area contributed by atoms with Crippen LogP contribution >= 0.6 is 11.6 Å². The monoisotopic (exact) mass is 199 g/mol. The normalized spacial score (nSPS) is 9.77. The van der Waals surface area contributed by atoms with Crippen molar-refractivity contribution in [1.29, 1.82) is 0 Å². The van der Waals surface area contributed by atoms with Crippen molar-refractivity contribution in [2.24, 2.45) is 0 Å². The smallest absolute Gasteiger partial charge is 0.339 e. The van der Waals surface area contributed by atoms with Crippen molar-refractivity contribution in [3.63, 3.8) is 0 Å². The second-order valence-electron chi connectivity index (χ2n) is 2.48. The van der Waals surface area contributed by atoms with Crippen LogP contribution in [-0.4, -0.2) is 17.6 Å². The number of carbonyl (C=O) groups is 1. The summed E-state index contributed by atoms with van der Waals surface area (Å²) in [5.41, 5.74) is 1.00. The van der Waals surface area contributed by atoms with Gasteiger partial charge in [-0.05, 0) is 19.9 Å². The number of hydrogen-bond donors (Lipinski definition) is 0. The number of nitrogens with zero attached hydrogens (tertiary/aromatic N) is 1. The molecule has 0 amide bonds. The highest BCUT2D eigenvalue weighted by molar-refractivity contribution is 6.34. The third kappa shape index (κ3) is 2.18. The lowest BCUT2D eigenvalue weighted by Crippen LogP contribution is -2.06. The molecule has 3 nitrogen and oxygen atoms in total. The Morgan fingerprint density at radius 2 is 2.38 bits per heavy atom. The number of esters is 1. The van der Waals surface area contributed by atoms with Gasteiger partial charge in [-0.25, -0.2) is 4.79 Å². The Morgan fingerprint density at radius 1 is 1.69 bits per heavy atom. The fourth-order valence-electron chi connectivity index (χ4n) is 0.915. The molecule has 1 rings (SSSR count). The lowest BCUT2D eigenvalue weighted by molar-refractivity contribution is 0.0526. The quantitative estimate of drug-likeness (QED) is 0.686. The molecule has 0 fully saturated rings. The van der Waals surface area contributed by atoms with Gasteiger partial charge >= 0.3 is 5.97 Å². The van der Waals surface area contributed by atoms with Gasteiger partial charge in [0.25, 0.3) is 0 Å². The van der Waals surface area contributed by atoms with Crippen LogP contribution < -0.4 is 0 Å². The molecule has 4 heteroatoms. The number of carbonyl (C=O) groups excluding carboxylic acids is 1. The fourth-order valence-corrected chi connectivity index (χ4v) is 1.10. The van der Waals surface area contributed by atoms with Crippen LogP contribution in [0.2, 0.25) is 5.02 Å². The first-order chi connectivity index (χ1) is 6.16. The Labute approximate surface area is 81.7 Å². The number of aryl methyl sites for hydroxylation is 1. The molecule has 0 aliphatic heterocycles. The van der Waals surface area contributed by atoms with Crippen LogP contribution in [0, 0.1) is 6.92 Å². The van der Waals surface area contributed by atoms with Crippen LogP contribution in [0.15, 0.2) is 12.3 Å². The van der Waals surface area contributed by atoms with Gasteiger partial charge in [-0.15, -0.1) is 0 Å². The van der Waals surface area contributed by atoms with E-state index >= 15 is 0 Å². The zero-order valence-corrected chi connectivity index (χ0v) is 8.26. The first-order valence-electron chi connectivity index (χ1n) is 3.95. The zero-order valence-electron chi connectivity index (χ0n) is 7.50. The molecule has 0 saturated heterocycles. The Hall–Kier alpha value is -1.09. The average Bonchev–Trinajstić information content (AvgIpc) is 2.10. The minimum atomic E-state index is -0.405. The molecule has 70 valence electrons. The molecular formula is C9H10ClNO2. The SMILES string of the molecule is CCOC(=O)c1ccnc(C)c1Cl. The van der Waals surface area contributed by atoms with Gasteiger partial charge in [0.15, 0.2) is 0 Å². The minimum Gasteiger partial charge on any atom is -0.462 e. The Kier molecular flexibility index (Phi) is 3.25. The summed E-state index contributed by atoms with van der Waals surface area (Å²) in [7, 11) is 0. The zero-order chi connectivity index (χ0) is 9.84. The topological polar surface area (TPSA) is 39.2 Å². The van der Waals surface area contributed by atoms with Crippen LogP contribution in [0.4, 0.5) is 0 Å². The largest absolute Gasteiger partial charge is 0.462 e. The molecule has 0 bridgehead atoms. The van der Waals surface area contributed by atoms with Crippen LogP contribution in [0.1, 0.15) is 23.0 Å². The van der Waals surface area contributed by atoms with Crippen LogP contribution in [0.3, 0.4) is 0 Å². The van der Waals surface area contributed by atoms with Gasteiger partial charge in [0, 0.05) is 6.20 Å². The standard InChI is InChI=1S/C9H10ClNO2/c1-3-13-9(12)7-4-5-11-6(2)8(7)10/h4-5H,3H2,1-2H3. The van der Waals surface area contributed by atoms with Gasteiger partial charge < -0.3 is 4.74 Å². The summed E-state index contributed by atoms with van der Waals surface area (Å²) in [6, 6.07) is 1.55. The number of pyridine rings is 1. The van der Waals surface area contributed by atoms with E-state index in [1.807, 2.05) is 0 Å². The van der Waals surface area contributed by atoms with E-state index in [2.05, 4.69) is 4.98 Å². The van der Waals surface area contributed by atoms with Gasteiger partial charge in [0.2, 0.25) is 0 Å². The number of aromatic nitrogens is 1. The highest BCUT2D eigenvalue weighted by Gasteiger charge is 2.12. The predicted octanol–water partition coefficient (Wildman–Crippen LogP) is 2.22. The third-order valence-electron chi connectivity index (χ3n) is 1.56. The number of ether oxygens (including phenoxy) is 1. The molecule has 0 atom stereocenters. The highest BCUT2D eigenvalue weighted by atomic mass is 35.5. The first-order valence-corrected chi connectivity index (χ1v) is 4.32. The summed E-state index contributed by atoms with van der Waals surface area (Å²) in [6.07, 6.45) is 1.54. The molecular weight excluding hydrogens is 190 g/mol. The third-order valence-corrected chi connectivity index (χ3v) is 2.04. The number of rotatable bonds is 2. The Balaban J connectivity index is 3.01. The van der Waals surface area contributed by atoms with Crippen molar-refractivity contribution in [1.82, 2.24) is 4.98 Å². The molecule has 0 saturated carbocycles. The van der Waals surface area contributed by atoms with Gasteiger partial charge in [0.1, 0.15) is 0 Å². The number of hydrogen-bond acceptors (Lipinski definition) is 3. The van der Waals surface area contributed by atoms with Crippen molar-refractivity contribution in [3.8, 4) is 0 Å². The second-order valence-corrected chi connectivity index (χ2v) is 2.86. The van der Waals surface area contributed by atoms with Crippen molar-refractivity contribution >= 4 is 17.6 Å². The van der Waals surface area contributed by atoms with E-state index in [1.165, 1.54) is 6.20 Å². The van der Waals surface area contributed by atoms with Gasteiger partial charge in [-0.2, -0.15) is 0 Å². The van der Waals surface area contributed by atoms with E-state index in [4.69, 9.17) is 16.3 Å². The fraction of sp³-hybridized carbons (Fsp3) is 0.333. The molecule has 0 spiro atoms. The summed E-state index contributed by atoms with van der Waals surface area (Å²) >= 11 is 5.86. The maximum Gasteiger partial charge on any atom is 0.339 e. The summed E-state index contributed by atoms with van der Waals surface area (Å²) < 4.78 is 4.81. The van der Waals surface area contributed by atoms with Crippen LogP contribution in [0.5, 0.6) is 0 Å². The summed E-state index contributed by atoms with van der Waals surface area (Å²) in [5, 5.41) is 0.362. The summed E-state index contributed by atoms with van der Waals surface area (Å²) in [5.74, 6) is -0.405. The van der Waals surface area contributed by atoms with Gasteiger partial charge in [-0.3, -0.25) is 4.98 Å². The molecule has 1 heterocycles. The molecule has 0 unspecified atom stereocenters. The lowest BCUT2D eigenvalue weighted by Gasteiger charge is -2.04. The molecule has 1 aromatic heterocycles. The molecule has 13 heavy (non-hydrogen) atoms. The van der Waals surface area contributed by atoms with Crippen molar-refractivity contribution < 1.29 is 9.53 Å². The summed E-state index contributed by atoms with van der Waals surface area (Å²) in [4.78, 5) is 15.2. The molecule has 1 aromatic rings. The van der Waals surface area contributed by atoms with E-state index in [0.29, 0.717) is 22.9 Å². The van der Waals surface area contributed by atoms with Crippen molar-refractivity contribution in [3.05, 3.63) is 28.5 Å². The average molecular weight is 200 g/mol. The molecule has 0 radical (unpaired) electrons. The van der Waals surface area contributed by atoms with Gasteiger partial charge in [0.05, 0.1) is 22.9 Å².